The van der Waals surface area contributed by atoms with Crippen molar-refractivity contribution in [2.45, 2.75) is 77.0 Å². The maximum absolute atomic E-state index is 14.9. The normalized spacial score (nSPS) is 21.7. The van der Waals surface area contributed by atoms with E-state index in [1.807, 2.05) is 45.9 Å². The first-order chi connectivity index (χ1) is 26.9. The van der Waals surface area contributed by atoms with Crippen LogP contribution >= 0.6 is 11.8 Å². The van der Waals surface area contributed by atoms with Crippen molar-refractivity contribution in [3.63, 3.8) is 0 Å². The summed E-state index contributed by atoms with van der Waals surface area (Å²) in [6, 6.07) is 17.3. The summed E-state index contributed by atoms with van der Waals surface area (Å²) in [5.74, 6) is 0.803. The minimum atomic E-state index is -1.28. The molecule has 13 nitrogen and oxygen atoms in total. The summed E-state index contributed by atoms with van der Waals surface area (Å²) in [5, 5.41) is 31.6. The molecule has 1 aliphatic heterocycles. The van der Waals surface area contributed by atoms with Crippen LogP contribution in [0.15, 0.2) is 72.1 Å². The maximum atomic E-state index is 14.9. The second kappa shape index (κ2) is 20.2. The van der Waals surface area contributed by atoms with Crippen molar-refractivity contribution in [3.8, 4) is 22.8 Å². The fraction of sp³-hybridized carbons (Fsp3) is 0.500. The Kier molecular flexibility index (Phi) is 15.4. The van der Waals surface area contributed by atoms with E-state index in [9.17, 15) is 19.8 Å². The molecule has 2 amide bonds. The van der Waals surface area contributed by atoms with Crippen LogP contribution in [0.5, 0.6) is 5.75 Å². The molecule has 5 atom stereocenters. The van der Waals surface area contributed by atoms with Crippen LogP contribution in [0.2, 0.25) is 0 Å². The van der Waals surface area contributed by atoms with Gasteiger partial charge in [-0.05, 0) is 74.1 Å². The number of aliphatic hydroxyl groups is 2. The summed E-state index contributed by atoms with van der Waals surface area (Å²) in [5.41, 5.74) is 4.82. The highest BCUT2D eigenvalue weighted by molar-refractivity contribution is 7.99. The zero-order valence-corrected chi connectivity index (χ0v) is 34.3. The lowest BCUT2D eigenvalue weighted by molar-refractivity contribution is -0.139. The Morgan fingerprint density at radius 1 is 1.00 bits per heavy atom. The SMILES string of the molecule is COc1cccc([C@@H]2[C@@H](C(C)C)CN(C(C)=O)C[C@H](OC)[C@@H](O)[C@@H](O)COCCCCN2C(=O)CSc2nnc(-c3ccncc3)n2-c2ccc(C)cc2C)c1. The zero-order valence-electron chi connectivity index (χ0n) is 33.5. The Morgan fingerprint density at radius 2 is 1.77 bits per heavy atom. The van der Waals surface area contributed by atoms with E-state index in [0.29, 0.717) is 42.7 Å². The molecule has 1 aliphatic rings. The van der Waals surface area contributed by atoms with Crippen LogP contribution in [0.3, 0.4) is 0 Å². The molecule has 0 saturated carbocycles. The maximum Gasteiger partial charge on any atom is 0.233 e. The number of pyridine rings is 1. The van der Waals surface area contributed by atoms with Gasteiger partial charge in [-0.1, -0.05) is 55.4 Å². The molecule has 1 fully saturated rings. The molecule has 2 aromatic heterocycles. The molecule has 4 aromatic rings. The number of aliphatic hydroxyl groups excluding tert-OH is 2. The second-order valence-corrected chi connectivity index (χ2v) is 15.7. The predicted molar refractivity (Wildman–Crippen MR) is 216 cm³/mol. The third-order valence-electron chi connectivity index (χ3n) is 10.4. The van der Waals surface area contributed by atoms with Gasteiger partial charge in [-0.2, -0.15) is 0 Å². The van der Waals surface area contributed by atoms with Crippen LogP contribution in [-0.4, -0.2) is 123 Å². The van der Waals surface area contributed by atoms with Gasteiger partial charge in [0.25, 0.3) is 0 Å². The predicted octanol–water partition coefficient (Wildman–Crippen LogP) is 5.28. The summed E-state index contributed by atoms with van der Waals surface area (Å²) in [6.45, 7) is 10.7. The Hall–Kier alpha value is -4.34. The van der Waals surface area contributed by atoms with Gasteiger partial charge in [-0.3, -0.25) is 19.1 Å². The standard InChI is InChI=1S/C42H56N6O7S/c1-27(2)34-23-46(30(5)49)24-37(54-7)40(52)36(50)25-55-20-9-8-19-47(39(34)32-11-10-12-33(22-32)53-6)38(51)26-56-42-45-44-41(31-15-17-43-18-16-31)48(42)35-14-13-28(3)21-29(35)4/h10-18,21-22,27,34,36-37,39-40,50,52H,8-9,19-20,23-26H2,1-7H3/t34-,36+,37+,39-,40+/m1/s1. The molecule has 56 heavy (non-hydrogen) atoms. The van der Waals surface area contributed by atoms with Crippen molar-refractivity contribution < 1.29 is 34.0 Å². The first kappa shape index (κ1) is 42.8. The number of aromatic nitrogens is 4. The Balaban J connectivity index is 1.57. The van der Waals surface area contributed by atoms with Crippen molar-refractivity contribution in [1.82, 2.24) is 29.5 Å². The van der Waals surface area contributed by atoms with E-state index in [-0.39, 0.29) is 49.1 Å². The Morgan fingerprint density at radius 3 is 2.45 bits per heavy atom. The first-order valence-corrected chi connectivity index (χ1v) is 20.1. The minimum Gasteiger partial charge on any atom is -0.497 e. The average molecular weight is 789 g/mol. The first-order valence-electron chi connectivity index (χ1n) is 19.1. The van der Waals surface area contributed by atoms with E-state index in [0.717, 1.165) is 27.9 Å². The van der Waals surface area contributed by atoms with Gasteiger partial charge in [0, 0.05) is 64.1 Å². The molecule has 302 valence electrons. The molecule has 5 rings (SSSR count). The number of rotatable bonds is 9. The van der Waals surface area contributed by atoms with E-state index in [2.05, 4.69) is 61.1 Å². The number of ether oxygens (including phenoxy) is 3. The number of amides is 2. The molecule has 2 N–H and O–H groups in total. The molecular formula is C42H56N6O7S. The molecule has 0 spiro atoms. The fourth-order valence-corrected chi connectivity index (χ4v) is 8.10. The van der Waals surface area contributed by atoms with Gasteiger partial charge in [0.2, 0.25) is 11.8 Å². The van der Waals surface area contributed by atoms with Crippen LogP contribution in [0.25, 0.3) is 17.1 Å². The number of benzene rings is 2. The summed E-state index contributed by atoms with van der Waals surface area (Å²) < 4.78 is 19.1. The summed E-state index contributed by atoms with van der Waals surface area (Å²) >= 11 is 1.33. The molecule has 3 heterocycles. The van der Waals surface area contributed by atoms with Gasteiger partial charge < -0.3 is 34.2 Å². The lowest BCUT2D eigenvalue weighted by Crippen LogP contribution is -2.51. The van der Waals surface area contributed by atoms with Crippen molar-refractivity contribution in [2.75, 3.05) is 52.8 Å². The van der Waals surface area contributed by atoms with Crippen LogP contribution in [0.1, 0.15) is 56.3 Å². The molecule has 0 aliphatic carbocycles. The number of hydrogen-bond donors (Lipinski definition) is 2. The van der Waals surface area contributed by atoms with E-state index >= 15 is 0 Å². The quantitative estimate of drug-likeness (QED) is 0.213. The van der Waals surface area contributed by atoms with Crippen LogP contribution in [0, 0.1) is 25.7 Å². The highest BCUT2D eigenvalue weighted by atomic mass is 32.2. The van der Waals surface area contributed by atoms with E-state index in [1.54, 1.807) is 24.4 Å². The molecule has 1 saturated heterocycles. The molecule has 14 heteroatoms. The molecule has 2 aromatic carbocycles. The summed E-state index contributed by atoms with van der Waals surface area (Å²) in [6.07, 6.45) is 1.31. The molecule has 0 bridgehead atoms. The van der Waals surface area contributed by atoms with Gasteiger partial charge in [-0.25, -0.2) is 0 Å². The fourth-order valence-electron chi connectivity index (χ4n) is 7.27. The van der Waals surface area contributed by atoms with Gasteiger partial charge in [0.15, 0.2) is 11.0 Å². The topological polar surface area (TPSA) is 152 Å². The zero-order chi connectivity index (χ0) is 40.4. The smallest absolute Gasteiger partial charge is 0.233 e. The average Bonchev–Trinajstić information content (AvgIpc) is 3.61. The lowest BCUT2D eigenvalue weighted by atomic mass is 9.82. The molecular weight excluding hydrogens is 733 g/mol. The van der Waals surface area contributed by atoms with Crippen LogP contribution < -0.4 is 4.74 Å². The van der Waals surface area contributed by atoms with Crippen molar-refractivity contribution in [1.29, 1.82) is 0 Å². The number of nitrogens with zero attached hydrogens (tertiary/aromatic N) is 6. The number of aryl methyl sites for hydroxylation is 2. The number of methoxy groups -OCH3 is 2. The van der Waals surface area contributed by atoms with Crippen molar-refractivity contribution in [2.24, 2.45) is 11.8 Å². The number of hydrogen-bond acceptors (Lipinski definition) is 11. The van der Waals surface area contributed by atoms with Crippen molar-refractivity contribution >= 4 is 23.6 Å². The third kappa shape index (κ3) is 10.5. The van der Waals surface area contributed by atoms with E-state index < -0.39 is 24.4 Å². The van der Waals surface area contributed by atoms with Gasteiger partial charge >= 0.3 is 0 Å². The largest absolute Gasteiger partial charge is 0.497 e. The monoisotopic (exact) mass is 788 g/mol. The lowest BCUT2D eigenvalue weighted by Gasteiger charge is -2.42. The number of thioether (sulfide) groups is 1. The van der Waals surface area contributed by atoms with E-state index in [1.165, 1.54) is 25.8 Å². The highest BCUT2D eigenvalue weighted by Gasteiger charge is 2.38. The third-order valence-corrected chi connectivity index (χ3v) is 11.3. The summed E-state index contributed by atoms with van der Waals surface area (Å²) in [4.78, 5) is 36.0. The Bertz CT molecular complexity index is 1890. The molecule has 0 radical (unpaired) electrons. The minimum absolute atomic E-state index is 0.00191. The summed E-state index contributed by atoms with van der Waals surface area (Å²) in [7, 11) is 3.06. The van der Waals surface area contributed by atoms with Gasteiger partial charge in [-0.15, -0.1) is 10.2 Å². The van der Waals surface area contributed by atoms with E-state index in [4.69, 9.17) is 14.2 Å². The van der Waals surface area contributed by atoms with Gasteiger partial charge in [0.1, 0.15) is 24.1 Å². The number of carbonyl (C=O) groups excluding carboxylic acids is 2. The van der Waals surface area contributed by atoms with Crippen molar-refractivity contribution in [3.05, 3.63) is 83.7 Å². The number of carbonyl (C=O) groups is 2. The van der Waals surface area contributed by atoms with Crippen LogP contribution in [-0.2, 0) is 19.1 Å². The Labute approximate surface area is 334 Å². The van der Waals surface area contributed by atoms with Crippen LogP contribution in [0.4, 0.5) is 0 Å². The van der Waals surface area contributed by atoms with Gasteiger partial charge in [0.05, 0.1) is 31.2 Å². The second-order valence-electron chi connectivity index (χ2n) is 14.7. The highest BCUT2D eigenvalue weighted by Crippen LogP contribution is 2.38. The molecule has 0 unspecified atom stereocenters.